The zero-order valence-corrected chi connectivity index (χ0v) is 14.9. The first-order valence-corrected chi connectivity index (χ1v) is 8.18. The van der Waals surface area contributed by atoms with Crippen molar-refractivity contribution in [3.8, 4) is 0 Å². The summed E-state index contributed by atoms with van der Waals surface area (Å²) in [5, 5.41) is 3.90. The van der Waals surface area contributed by atoms with Gasteiger partial charge in [0.2, 0.25) is 5.91 Å². The Kier molecular flexibility index (Phi) is 6.23. The molecule has 2 amide bonds. The van der Waals surface area contributed by atoms with E-state index in [2.05, 4.69) is 5.32 Å². The van der Waals surface area contributed by atoms with E-state index in [0.29, 0.717) is 22.2 Å². The topological polar surface area (TPSA) is 49.4 Å². The predicted octanol–water partition coefficient (Wildman–Crippen LogP) is 3.77. The Bertz CT molecular complexity index is 715. The van der Waals surface area contributed by atoms with Gasteiger partial charge in [-0.25, -0.2) is 0 Å². The molecular formula is C18H18Cl2N2O2. The minimum absolute atomic E-state index is 0.174. The molecule has 0 aliphatic rings. The van der Waals surface area contributed by atoms with E-state index < -0.39 is 6.04 Å². The number of hydrogen-bond acceptors (Lipinski definition) is 2. The van der Waals surface area contributed by atoms with Crippen LogP contribution >= 0.6 is 23.2 Å². The number of hydrogen-bond donors (Lipinski definition) is 1. The van der Waals surface area contributed by atoms with Crippen LogP contribution in [0.2, 0.25) is 10.0 Å². The first kappa shape index (κ1) is 18.3. The summed E-state index contributed by atoms with van der Waals surface area (Å²) in [4.78, 5) is 26.1. The first-order chi connectivity index (χ1) is 11.4. The third-order valence-corrected chi connectivity index (χ3v) is 4.04. The number of nitrogens with one attached hydrogen (secondary N) is 1. The largest absolute Gasteiger partial charge is 0.341 e. The van der Waals surface area contributed by atoms with Crippen LogP contribution in [-0.2, 0) is 11.3 Å². The summed E-state index contributed by atoms with van der Waals surface area (Å²) in [5.41, 5.74) is 1.42. The molecule has 1 atom stereocenters. The molecule has 0 aliphatic heterocycles. The van der Waals surface area contributed by atoms with Gasteiger partial charge in [-0.05, 0) is 48.9 Å². The molecule has 0 spiro atoms. The van der Waals surface area contributed by atoms with Crippen molar-refractivity contribution in [3.05, 3.63) is 69.7 Å². The summed E-state index contributed by atoms with van der Waals surface area (Å²) >= 11 is 11.7. The van der Waals surface area contributed by atoms with Gasteiger partial charge in [0.15, 0.2) is 0 Å². The maximum absolute atomic E-state index is 12.4. The standard InChI is InChI=1S/C18H18Cl2N2O2/c1-12(21-17(23)14-5-9-16(20)10-6-14)18(24)22(2)11-13-3-7-15(19)8-4-13/h3-10,12H,11H2,1-2H3,(H,21,23). The molecule has 0 bridgehead atoms. The Morgan fingerprint density at radius 2 is 1.50 bits per heavy atom. The molecule has 2 rings (SSSR count). The van der Waals surface area contributed by atoms with E-state index in [1.807, 2.05) is 12.1 Å². The van der Waals surface area contributed by atoms with Gasteiger partial charge in [0.05, 0.1) is 0 Å². The third kappa shape index (κ3) is 4.98. The van der Waals surface area contributed by atoms with Gasteiger partial charge in [-0.2, -0.15) is 0 Å². The number of benzene rings is 2. The molecule has 0 aromatic heterocycles. The SMILES string of the molecule is CC(NC(=O)c1ccc(Cl)cc1)C(=O)N(C)Cc1ccc(Cl)cc1. The number of rotatable bonds is 5. The van der Waals surface area contributed by atoms with Crippen LogP contribution in [0.25, 0.3) is 0 Å². The number of halogens is 2. The van der Waals surface area contributed by atoms with E-state index >= 15 is 0 Å². The average Bonchev–Trinajstić information content (AvgIpc) is 2.56. The molecule has 2 aromatic carbocycles. The summed E-state index contributed by atoms with van der Waals surface area (Å²) in [7, 11) is 1.70. The lowest BCUT2D eigenvalue weighted by molar-refractivity contribution is -0.132. The highest BCUT2D eigenvalue weighted by Gasteiger charge is 2.20. The van der Waals surface area contributed by atoms with E-state index in [1.165, 1.54) is 0 Å². The molecule has 1 N–H and O–H groups in total. The highest BCUT2D eigenvalue weighted by atomic mass is 35.5. The fraction of sp³-hybridized carbons (Fsp3) is 0.222. The Hall–Kier alpha value is -2.04. The van der Waals surface area contributed by atoms with Gasteiger partial charge < -0.3 is 10.2 Å². The van der Waals surface area contributed by atoms with Crippen molar-refractivity contribution in [2.24, 2.45) is 0 Å². The van der Waals surface area contributed by atoms with Crippen molar-refractivity contribution >= 4 is 35.0 Å². The van der Waals surface area contributed by atoms with Gasteiger partial charge >= 0.3 is 0 Å². The first-order valence-electron chi connectivity index (χ1n) is 7.42. The van der Waals surface area contributed by atoms with Gasteiger partial charge in [0, 0.05) is 29.2 Å². The lowest BCUT2D eigenvalue weighted by atomic mass is 10.2. The molecule has 1 unspecified atom stereocenters. The fourth-order valence-electron chi connectivity index (χ4n) is 2.22. The van der Waals surface area contributed by atoms with Crippen LogP contribution in [0, 0.1) is 0 Å². The van der Waals surface area contributed by atoms with Crippen molar-refractivity contribution < 1.29 is 9.59 Å². The average molecular weight is 365 g/mol. The molecule has 4 nitrogen and oxygen atoms in total. The van der Waals surface area contributed by atoms with Crippen molar-refractivity contribution in [3.63, 3.8) is 0 Å². The monoisotopic (exact) mass is 364 g/mol. The van der Waals surface area contributed by atoms with Crippen LogP contribution in [0.5, 0.6) is 0 Å². The molecule has 0 heterocycles. The van der Waals surface area contributed by atoms with Crippen LogP contribution in [0.3, 0.4) is 0 Å². The summed E-state index contributed by atoms with van der Waals surface area (Å²) in [6.07, 6.45) is 0. The third-order valence-electron chi connectivity index (χ3n) is 3.53. The van der Waals surface area contributed by atoms with E-state index in [4.69, 9.17) is 23.2 Å². The second-order valence-electron chi connectivity index (χ2n) is 5.52. The summed E-state index contributed by atoms with van der Waals surface area (Å²) in [5.74, 6) is -0.486. The molecule has 2 aromatic rings. The van der Waals surface area contributed by atoms with Crippen LogP contribution in [0.4, 0.5) is 0 Å². The number of carbonyl (C=O) groups is 2. The minimum atomic E-state index is -0.634. The number of carbonyl (C=O) groups excluding carboxylic acids is 2. The number of amides is 2. The molecule has 126 valence electrons. The fourth-order valence-corrected chi connectivity index (χ4v) is 2.47. The van der Waals surface area contributed by atoms with Gasteiger partial charge in [0.25, 0.3) is 5.91 Å². The van der Waals surface area contributed by atoms with Gasteiger partial charge in [-0.1, -0.05) is 35.3 Å². The highest BCUT2D eigenvalue weighted by Crippen LogP contribution is 2.12. The van der Waals surface area contributed by atoms with Gasteiger partial charge in [0.1, 0.15) is 6.04 Å². The summed E-state index contributed by atoms with van der Waals surface area (Å²) < 4.78 is 0. The smallest absolute Gasteiger partial charge is 0.251 e. The molecule has 24 heavy (non-hydrogen) atoms. The van der Waals surface area contributed by atoms with Crippen LogP contribution in [0.15, 0.2) is 48.5 Å². The van der Waals surface area contributed by atoms with Gasteiger partial charge in [-0.15, -0.1) is 0 Å². The van der Waals surface area contributed by atoms with Crippen LogP contribution in [-0.4, -0.2) is 29.8 Å². The Labute approximate surface area is 151 Å². The van der Waals surface area contributed by atoms with Crippen LogP contribution < -0.4 is 5.32 Å². The predicted molar refractivity (Wildman–Crippen MR) is 96.3 cm³/mol. The summed E-state index contributed by atoms with van der Waals surface area (Å²) in [6, 6.07) is 13.2. The van der Waals surface area contributed by atoms with Gasteiger partial charge in [-0.3, -0.25) is 9.59 Å². The van der Waals surface area contributed by atoms with Crippen molar-refractivity contribution in [1.29, 1.82) is 0 Å². The molecule has 6 heteroatoms. The lowest BCUT2D eigenvalue weighted by Crippen LogP contribution is -2.45. The molecular weight excluding hydrogens is 347 g/mol. The van der Waals surface area contributed by atoms with Crippen molar-refractivity contribution in [1.82, 2.24) is 10.2 Å². The quantitative estimate of drug-likeness (QED) is 0.877. The van der Waals surface area contributed by atoms with Crippen molar-refractivity contribution in [2.45, 2.75) is 19.5 Å². The van der Waals surface area contributed by atoms with Crippen molar-refractivity contribution in [2.75, 3.05) is 7.05 Å². The van der Waals surface area contributed by atoms with E-state index in [1.54, 1.807) is 55.3 Å². The minimum Gasteiger partial charge on any atom is -0.341 e. The van der Waals surface area contributed by atoms with E-state index in [-0.39, 0.29) is 11.8 Å². The molecule has 0 fully saturated rings. The molecule has 0 saturated heterocycles. The molecule has 0 radical (unpaired) electrons. The van der Waals surface area contributed by atoms with E-state index in [9.17, 15) is 9.59 Å². The number of nitrogens with zero attached hydrogens (tertiary/aromatic N) is 1. The Morgan fingerprint density at radius 1 is 1.00 bits per heavy atom. The maximum atomic E-state index is 12.4. The Morgan fingerprint density at radius 3 is 2.04 bits per heavy atom. The maximum Gasteiger partial charge on any atom is 0.251 e. The lowest BCUT2D eigenvalue weighted by Gasteiger charge is -2.22. The highest BCUT2D eigenvalue weighted by molar-refractivity contribution is 6.30. The van der Waals surface area contributed by atoms with Crippen LogP contribution in [0.1, 0.15) is 22.8 Å². The van der Waals surface area contributed by atoms with E-state index in [0.717, 1.165) is 5.56 Å². The molecule has 0 aliphatic carbocycles. The Balaban J connectivity index is 1.94. The number of likely N-dealkylation sites (N-methyl/N-ethyl adjacent to an activating group) is 1. The normalized spacial score (nSPS) is 11.7. The zero-order chi connectivity index (χ0) is 17.7. The second kappa shape index (κ2) is 8.18. The summed E-state index contributed by atoms with van der Waals surface area (Å²) in [6.45, 7) is 2.10. The zero-order valence-electron chi connectivity index (χ0n) is 13.4. The molecule has 0 saturated carbocycles. The second-order valence-corrected chi connectivity index (χ2v) is 6.40.